The molecular formula is C14H15F2NO3S. The van der Waals surface area contributed by atoms with Gasteiger partial charge >= 0.3 is 5.97 Å². The van der Waals surface area contributed by atoms with E-state index < -0.39 is 17.6 Å². The van der Waals surface area contributed by atoms with Gasteiger partial charge in [0.2, 0.25) is 0 Å². The Labute approximate surface area is 125 Å². The molecule has 1 heterocycles. The van der Waals surface area contributed by atoms with Crippen LogP contribution in [0.2, 0.25) is 0 Å². The lowest BCUT2D eigenvalue weighted by Crippen LogP contribution is -2.53. The van der Waals surface area contributed by atoms with E-state index in [0.29, 0.717) is 24.9 Å². The first-order chi connectivity index (χ1) is 9.90. The van der Waals surface area contributed by atoms with Crippen LogP contribution in [0, 0.1) is 11.8 Å². The number of carboxylic acid groups (broad SMARTS) is 1. The maximum atomic E-state index is 12.5. The van der Waals surface area contributed by atoms with Gasteiger partial charge in [0.1, 0.15) is 0 Å². The van der Waals surface area contributed by atoms with Gasteiger partial charge in [-0.15, -0.1) is 0 Å². The molecule has 1 aliphatic rings. The number of alkyl halides is 2. The molecule has 1 fully saturated rings. The number of halogens is 2. The zero-order valence-electron chi connectivity index (χ0n) is 11.3. The highest BCUT2D eigenvalue weighted by Crippen LogP contribution is 2.31. The first-order valence-corrected chi connectivity index (χ1v) is 7.34. The number of carbonyl (C=O) groups is 2. The Morgan fingerprint density at radius 2 is 1.95 bits per heavy atom. The largest absolute Gasteiger partial charge is 0.481 e. The van der Waals surface area contributed by atoms with Crippen molar-refractivity contribution in [2.45, 2.75) is 17.6 Å². The Hall–Kier alpha value is -1.63. The van der Waals surface area contributed by atoms with Crippen molar-refractivity contribution in [1.29, 1.82) is 0 Å². The van der Waals surface area contributed by atoms with E-state index in [2.05, 4.69) is 0 Å². The average Bonchev–Trinajstić information content (AvgIpc) is 2.36. The SMILES string of the molecule is CC(C(=O)O)C1CN(C(=O)c2ccccc2SC(F)F)C1. The minimum atomic E-state index is -2.59. The normalized spacial score (nSPS) is 16.7. The monoisotopic (exact) mass is 315 g/mol. The maximum Gasteiger partial charge on any atom is 0.306 e. The number of amides is 1. The fraction of sp³-hybridized carbons (Fsp3) is 0.429. The number of nitrogens with zero attached hydrogens (tertiary/aromatic N) is 1. The molecule has 0 aromatic heterocycles. The van der Waals surface area contributed by atoms with Crippen LogP contribution in [0.4, 0.5) is 8.78 Å². The number of thioether (sulfide) groups is 1. The lowest BCUT2D eigenvalue weighted by atomic mass is 9.86. The van der Waals surface area contributed by atoms with E-state index >= 15 is 0 Å². The van der Waals surface area contributed by atoms with Gasteiger partial charge in [0.15, 0.2) is 0 Å². The molecule has 1 aromatic rings. The Balaban J connectivity index is 2.04. The number of carboxylic acids is 1. The molecule has 0 saturated carbocycles. The van der Waals surface area contributed by atoms with E-state index in [4.69, 9.17) is 5.11 Å². The van der Waals surface area contributed by atoms with E-state index in [1.165, 1.54) is 17.0 Å². The van der Waals surface area contributed by atoms with E-state index in [1.807, 2.05) is 0 Å². The fourth-order valence-corrected chi connectivity index (χ4v) is 2.84. The molecule has 0 spiro atoms. The van der Waals surface area contributed by atoms with Crippen molar-refractivity contribution in [3.63, 3.8) is 0 Å². The van der Waals surface area contributed by atoms with Gasteiger partial charge in [-0.1, -0.05) is 30.8 Å². The quantitative estimate of drug-likeness (QED) is 0.849. The Bertz CT molecular complexity index is 547. The lowest BCUT2D eigenvalue weighted by molar-refractivity contribution is -0.144. The van der Waals surface area contributed by atoms with Crippen molar-refractivity contribution < 1.29 is 23.5 Å². The van der Waals surface area contributed by atoms with Crippen molar-refractivity contribution in [1.82, 2.24) is 4.90 Å². The Morgan fingerprint density at radius 3 is 2.52 bits per heavy atom. The maximum absolute atomic E-state index is 12.5. The molecule has 7 heteroatoms. The first kappa shape index (κ1) is 15.8. The van der Waals surface area contributed by atoms with Crippen molar-refractivity contribution in [2.75, 3.05) is 13.1 Å². The number of rotatable bonds is 5. The van der Waals surface area contributed by atoms with Gasteiger partial charge < -0.3 is 10.0 Å². The predicted octanol–water partition coefficient (Wildman–Crippen LogP) is 2.79. The van der Waals surface area contributed by atoms with E-state index in [1.54, 1.807) is 19.1 Å². The predicted molar refractivity (Wildman–Crippen MR) is 74.5 cm³/mol. The van der Waals surface area contributed by atoms with E-state index in [9.17, 15) is 18.4 Å². The highest BCUT2D eigenvalue weighted by Gasteiger charge is 2.38. The van der Waals surface area contributed by atoms with Crippen molar-refractivity contribution in [2.24, 2.45) is 11.8 Å². The van der Waals surface area contributed by atoms with Gasteiger partial charge in [0.05, 0.1) is 11.5 Å². The van der Waals surface area contributed by atoms with Crippen LogP contribution in [0.5, 0.6) is 0 Å². The highest BCUT2D eigenvalue weighted by atomic mass is 32.2. The zero-order valence-corrected chi connectivity index (χ0v) is 12.1. The summed E-state index contributed by atoms with van der Waals surface area (Å²) in [4.78, 5) is 24.9. The van der Waals surface area contributed by atoms with Gasteiger partial charge in [-0.05, 0) is 12.1 Å². The average molecular weight is 315 g/mol. The second-order valence-electron chi connectivity index (χ2n) is 4.97. The zero-order chi connectivity index (χ0) is 15.6. The van der Waals surface area contributed by atoms with Gasteiger partial charge in [0.25, 0.3) is 11.7 Å². The van der Waals surface area contributed by atoms with Crippen molar-refractivity contribution in [3.05, 3.63) is 29.8 Å². The smallest absolute Gasteiger partial charge is 0.306 e. The second-order valence-corrected chi connectivity index (χ2v) is 6.00. The molecule has 0 aliphatic carbocycles. The third-order valence-electron chi connectivity index (χ3n) is 3.63. The van der Waals surface area contributed by atoms with Crippen LogP contribution in [-0.4, -0.2) is 40.7 Å². The molecule has 0 radical (unpaired) electrons. The number of aliphatic carboxylic acids is 1. The summed E-state index contributed by atoms with van der Waals surface area (Å²) in [7, 11) is 0. The Morgan fingerprint density at radius 1 is 1.33 bits per heavy atom. The molecule has 4 nitrogen and oxygen atoms in total. The molecule has 1 saturated heterocycles. The van der Waals surface area contributed by atoms with Crippen molar-refractivity contribution >= 4 is 23.6 Å². The van der Waals surface area contributed by atoms with Crippen LogP contribution in [-0.2, 0) is 4.79 Å². The van der Waals surface area contributed by atoms with Crippen LogP contribution in [0.25, 0.3) is 0 Å². The fourth-order valence-electron chi connectivity index (χ4n) is 2.21. The summed E-state index contributed by atoms with van der Waals surface area (Å²) < 4.78 is 25.0. The second kappa shape index (κ2) is 6.43. The van der Waals surface area contributed by atoms with Gasteiger partial charge in [0, 0.05) is 23.9 Å². The molecular weight excluding hydrogens is 300 g/mol. The molecule has 1 amide bonds. The van der Waals surface area contributed by atoms with Gasteiger partial charge in [-0.3, -0.25) is 9.59 Å². The minimum Gasteiger partial charge on any atom is -0.481 e. The van der Waals surface area contributed by atoms with Crippen LogP contribution >= 0.6 is 11.8 Å². The summed E-state index contributed by atoms with van der Waals surface area (Å²) in [6.45, 7) is 2.30. The number of hydrogen-bond acceptors (Lipinski definition) is 3. The van der Waals surface area contributed by atoms with Gasteiger partial charge in [-0.25, -0.2) is 0 Å². The molecule has 114 valence electrons. The van der Waals surface area contributed by atoms with Crippen LogP contribution in [0.15, 0.2) is 29.2 Å². The van der Waals surface area contributed by atoms with Gasteiger partial charge in [-0.2, -0.15) is 8.78 Å². The lowest BCUT2D eigenvalue weighted by Gasteiger charge is -2.41. The number of benzene rings is 1. The highest BCUT2D eigenvalue weighted by molar-refractivity contribution is 7.99. The van der Waals surface area contributed by atoms with Crippen LogP contribution in [0.1, 0.15) is 17.3 Å². The molecule has 1 unspecified atom stereocenters. The van der Waals surface area contributed by atoms with E-state index in [-0.39, 0.29) is 22.3 Å². The number of hydrogen-bond donors (Lipinski definition) is 1. The first-order valence-electron chi connectivity index (χ1n) is 6.46. The molecule has 1 N–H and O–H groups in total. The molecule has 21 heavy (non-hydrogen) atoms. The summed E-state index contributed by atoms with van der Waals surface area (Å²) >= 11 is 0.342. The molecule has 1 aliphatic heterocycles. The molecule has 1 atom stereocenters. The van der Waals surface area contributed by atoms with Crippen molar-refractivity contribution in [3.8, 4) is 0 Å². The third-order valence-corrected chi connectivity index (χ3v) is 4.42. The topological polar surface area (TPSA) is 57.6 Å². The summed E-state index contributed by atoms with van der Waals surface area (Å²) in [5.41, 5.74) is 0.240. The molecule has 2 rings (SSSR count). The summed E-state index contributed by atoms with van der Waals surface area (Å²) in [6.07, 6.45) is 0. The summed E-state index contributed by atoms with van der Waals surface area (Å²) in [6, 6.07) is 6.23. The summed E-state index contributed by atoms with van der Waals surface area (Å²) in [5.74, 6) is -4.40. The minimum absolute atomic E-state index is 0.0821. The standard InChI is InChI=1S/C14H15F2NO3S/c1-8(13(19)20)9-6-17(7-9)12(18)10-4-2-3-5-11(10)21-14(15)16/h2-5,8-9,14H,6-7H2,1H3,(H,19,20). The Kier molecular flexibility index (Phi) is 4.82. The van der Waals surface area contributed by atoms with Crippen LogP contribution < -0.4 is 0 Å². The third kappa shape index (κ3) is 3.53. The number of likely N-dealkylation sites (tertiary alicyclic amines) is 1. The molecule has 1 aromatic carbocycles. The number of carbonyl (C=O) groups excluding carboxylic acids is 1. The van der Waals surface area contributed by atoms with E-state index in [0.717, 1.165) is 0 Å². The van der Waals surface area contributed by atoms with Crippen LogP contribution in [0.3, 0.4) is 0 Å². The molecule has 0 bridgehead atoms. The summed E-state index contributed by atoms with van der Waals surface area (Å²) in [5, 5.41) is 8.91.